The topological polar surface area (TPSA) is 43.6 Å². The molecule has 8 aromatic rings. The van der Waals surface area contributed by atoms with Crippen LogP contribution in [-0.2, 0) is 0 Å². The van der Waals surface area contributed by atoms with Gasteiger partial charge in [0.05, 0.1) is 16.7 Å². The molecule has 0 fully saturated rings. The molecule has 2 aromatic heterocycles. The molecule has 0 aliphatic carbocycles. The second-order valence-corrected chi connectivity index (χ2v) is 10.5. The lowest BCUT2D eigenvalue weighted by Gasteiger charge is -2.14. The van der Waals surface area contributed by atoms with Crippen molar-refractivity contribution in [3.05, 3.63) is 158 Å². The molecule has 43 heavy (non-hydrogen) atoms. The molecule has 8 rings (SSSR count). The van der Waals surface area contributed by atoms with Gasteiger partial charge in [0.25, 0.3) is 0 Å². The van der Waals surface area contributed by atoms with Gasteiger partial charge in [-0.25, -0.2) is 15.0 Å². The first kappa shape index (κ1) is 24.9. The molecule has 4 heteroatoms. The van der Waals surface area contributed by atoms with Crippen molar-refractivity contribution in [1.82, 2.24) is 19.5 Å². The van der Waals surface area contributed by atoms with Crippen LogP contribution in [0.3, 0.4) is 0 Å². The Morgan fingerprint density at radius 2 is 0.721 bits per heavy atom. The molecular weight excluding hydrogens is 524 g/mol. The Morgan fingerprint density at radius 1 is 0.326 bits per heavy atom. The third-order valence-corrected chi connectivity index (χ3v) is 7.88. The van der Waals surface area contributed by atoms with Crippen molar-refractivity contribution in [2.24, 2.45) is 0 Å². The molecule has 0 radical (unpaired) electrons. The van der Waals surface area contributed by atoms with Gasteiger partial charge in [-0.15, -0.1) is 0 Å². The average Bonchev–Trinajstić information content (AvgIpc) is 3.43. The summed E-state index contributed by atoms with van der Waals surface area (Å²) in [6.07, 6.45) is 0. The van der Waals surface area contributed by atoms with Gasteiger partial charge in [0.1, 0.15) is 0 Å². The lowest BCUT2D eigenvalue weighted by Crippen LogP contribution is -2.00. The summed E-state index contributed by atoms with van der Waals surface area (Å²) in [7, 11) is 0. The van der Waals surface area contributed by atoms with Crippen LogP contribution in [0.5, 0.6) is 0 Å². The number of nitrogens with zero attached hydrogens (tertiary/aromatic N) is 4. The van der Waals surface area contributed by atoms with Gasteiger partial charge >= 0.3 is 0 Å². The van der Waals surface area contributed by atoms with Crippen molar-refractivity contribution in [2.75, 3.05) is 0 Å². The van der Waals surface area contributed by atoms with Gasteiger partial charge in [-0.2, -0.15) is 0 Å². The molecule has 0 unspecified atom stereocenters. The first-order valence-electron chi connectivity index (χ1n) is 14.4. The standard InChI is InChI=1S/C39H26N4/c1-3-13-28(14-4-1)37-40-38(29-15-5-2-6-16-29)42-39(41-37)30-25-23-27(24-26-30)31-17-7-10-20-34(31)43-35-21-11-8-18-32(35)33-19-9-12-22-36(33)43/h1-26H. The van der Waals surface area contributed by atoms with Gasteiger partial charge in [0, 0.05) is 33.0 Å². The highest BCUT2D eigenvalue weighted by molar-refractivity contribution is 6.09. The van der Waals surface area contributed by atoms with Gasteiger partial charge in [0.2, 0.25) is 0 Å². The lowest BCUT2D eigenvalue weighted by molar-refractivity contribution is 1.07. The molecule has 0 amide bonds. The van der Waals surface area contributed by atoms with E-state index in [1.807, 2.05) is 60.7 Å². The van der Waals surface area contributed by atoms with Gasteiger partial charge in [-0.3, -0.25) is 0 Å². The normalized spacial score (nSPS) is 11.3. The Kier molecular flexibility index (Phi) is 6.08. The fraction of sp³-hybridized carbons (Fsp3) is 0. The highest BCUT2D eigenvalue weighted by Crippen LogP contribution is 2.36. The maximum atomic E-state index is 4.90. The summed E-state index contributed by atoms with van der Waals surface area (Å²) in [6, 6.07) is 54.5. The maximum absolute atomic E-state index is 4.90. The predicted octanol–water partition coefficient (Wildman–Crippen LogP) is 9.64. The molecule has 0 saturated carbocycles. The number of benzene rings is 6. The van der Waals surface area contributed by atoms with Crippen LogP contribution in [0.1, 0.15) is 0 Å². The van der Waals surface area contributed by atoms with Crippen molar-refractivity contribution < 1.29 is 0 Å². The van der Waals surface area contributed by atoms with E-state index in [-0.39, 0.29) is 0 Å². The van der Waals surface area contributed by atoms with E-state index in [1.54, 1.807) is 0 Å². The number of fused-ring (bicyclic) bond motifs is 3. The minimum absolute atomic E-state index is 0.648. The van der Waals surface area contributed by atoms with Crippen molar-refractivity contribution in [3.63, 3.8) is 0 Å². The molecule has 2 heterocycles. The highest BCUT2D eigenvalue weighted by atomic mass is 15.0. The van der Waals surface area contributed by atoms with E-state index in [9.17, 15) is 0 Å². The fourth-order valence-corrected chi connectivity index (χ4v) is 5.83. The van der Waals surface area contributed by atoms with Crippen LogP contribution in [0.25, 0.3) is 72.8 Å². The summed E-state index contributed by atoms with van der Waals surface area (Å²) in [4.78, 5) is 14.6. The largest absolute Gasteiger partial charge is 0.309 e. The van der Waals surface area contributed by atoms with Gasteiger partial charge in [-0.1, -0.05) is 140 Å². The quantitative estimate of drug-likeness (QED) is 0.214. The van der Waals surface area contributed by atoms with E-state index in [4.69, 9.17) is 15.0 Å². The summed E-state index contributed by atoms with van der Waals surface area (Å²) in [5.74, 6) is 1.96. The zero-order chi connectivity index (χ0) is 28.6. The van der Waals surface area contributed by atoms with Gasteiger partial charge < -0.3 is 4.57 Å². The number of hydrogen-bond acceptors (Lipinski definition) is 3. The van der Waals surface area contributed by atoms with E-state index in [0.29, 0.717) is 17.5 Å². The number of rotatable bonds is 5. The molecule has 0 atom stereocenters. The van der Waals surface area contributed by atoms with E-state index in [2.05, 4.69) is 102 Å². The maximum Gasteiger partial charge on any atom is 0.164 e. The number of aromatic nitrogens is 4. The Hall–Kier alpha value is -5.87. The molecule has 6 aromatic carbocycles. The Labute approximate surface area is 249 Å². The van der Waals surface area contributed by atoms with Crippen LogP contribution >= 0.6 is 0 Å². The molecule has 0 spiro atoms. The first-order valence-corrected chi connectivity index (χ1v) is 14.4. The molecule has 4 nitrogen and oxygen atoms in total. The molecular formula is C39H26N4. The van der Waals surface area contributed by atoms with Crippen LogP contribution < -0.4 is 0 Å². The van der Waals surface area contributed by atoms with E-state index in [1.165, 1.54) is 21.8 Å². The van der Waals surface area contributed by atoms with Crippen LogP contribution in [0, 0.1) is 0 Å². The third-order valence-electron chi connectivity index (χ3n) is 7.88. The summed E-state index contributed by atoms with van der Waals surface area (Å²) >= 11 is 0. The fourth-order valence-electron chi connectivity index (χ4n) is 5.83. The average molecular weight is 551 g/mol. The zero-order valence-corrected chi connectivity index (χ0v) is 23.3. The zero-order valence-electron chi connectivity index (χ0n) is 23.3. The van der Waals surface area contributed by atoms with Gasteiger partial charge in [-0.05, 0) is 23.8 Å². The van der Waals surface area contributed by atoms with Crippen molar-refractivity contribution in [3.8, 4) is 51.0 Å². The SMILES string of the molecule is c1ccc(-c2nc(-c3ccccc3)nc(-c3ccc(-c4ccccc4-n4c5ccccc5c5ccccc54)cc3)n2)cc1. The number of hydrogen-bond donors (Lipinski definition) is 0. The van der Waals surface area contributed by atoms with E-state index < -0.39 is 0 Å². The van der Waals surface area contributed by atoms with Crippen LogP contribution in [0.2, 0.25) is 0 Å². The lowest BCUT2D eigenvalue weighted by atomic mass is 10.0. The molecule has 0 aliphatic heterocycles. The third kappa shape index (κ3) is 4.46. The Bertz CT molecular complexity index is 2110. The summed E-state index contributed by atoms with van der Waals surface area (Å²) in [5.41, 5.74) is 8.67. The van der Waals surface area contributed by atoms with Crippen molar-refractivity contribution >= 4 is 21.8 Å². The second-order valence-electron chi connectivity index (χ2n) is 10.5. The molecule has 202 valence electrons. The number of para-hydroxylation sites is 3. The molecule has 0 bridgehead atoms. The summed E-state index contributed by atoms with van der Waals surface area (Å²) in [5, 5.41) is 2.50. The molecule has 0 N–H and O–H groups in total. The highest BCUT2D eigenvalue weighted by Gasteiger charge is 2.16. The Balaban J connectivity index is 1.25. The first-order chi connectivity index (χ1) is 21.3. The van der Waals surface area contributed by atoms with Crippen molar-refractivity contribution in [2.45, 2.75) is 0 Å². The Morgan fingerprint density at radius 3 is 1.26 bits per heavy atom. The van der Waals surface area contributed by atoms with Crippen LogP contribution in [0.4, 0.5) is 0 Å². The second kappa shape index (κ2) is 10.5. The minimum atomic E-state index is 0.648. The smallest absolute Gasteiger partial charge is 0.164 e. The summed E-state index contributed by atoms with van der Waals surface area (Å²) in [6.45, 7) is 0. The monoisotopic (exact) mass is 550 g/mol. The molecule has 0 aliphatic rings. The predicted molar refractivity (Wildman–Crippen MR) is 176 cm³/mol. The minimum Gasteiger partial charge on any atom is -0.309 e. The van der Waals surface area contributed by atoms with E-state index >= 15 is 0 Å². The molecule has 0 saturated heterocycles. The van der Waals surface area contributed by atoms with Crippen LogP contribution in [-0.4, -0.2) is 19.5 Å². The summed E-state index contributed by atoms with van der Waals surface area (Å²) < 4.78 is 2.37. The van der Waals surface area contributed by atoms with Gasteiger partial charge in [0.15, 0.2) is 17.5 Å². The van der Waals surface area contributed by atoms with E-state index in [0.717, 1.165) is 33.5 Å². The van der Waals surface area contributed by atoms with Crippen LogP contribution in [0.15, 0.2) is 158 Å². The van der Waals surface area contributed by atoms with Crippen molar-refractivity contribution in [1.29, 1.82) is 0 Å².